The van der Waals surface area contributed by atoms with Gasteiger partial charge >= 0.3 is 5.97 Å². The second-order valence-electron chi connectivity index (χ2n) is 4.75. The Balaban J connectivity index is 2.21. The molecule has 0 aromatic heterocycles. The van der Waals surface area contributed by atoms with Gasteiger partial charge in [0.15, 0.2) is 5.76 Å². The minimum absolute atomic E-state index is 0.180. The maximum atomic E-state index is 11.9. The molecule has 20 heavy (non-hydrogen) atoms. The fourth-order valence-electron chi connectivity index (χ4n) is 2.18. The number of ether oxygens (including phenoxy) is 2. The lowest BCUT2D eigenvalue weighted by atomic mass is 9.93. The van der Waals surface area contributed by atoms with Crippen LogP contribution in [0.4, 0.5) is 0 Å². The quantitative estimate of drug-likeness (QED) is 0.793. The molecule has 0 amide bonds. The lowest BCUT2D eigenvalue weighted by molar-refractivity contribution is -0.148. The average molecular weight is 271 g/mol. The molecule has 2 rings (SSSR count). The third-order valence-electron chi connectivity index (χ3n) is 3.24. The fourth-order valence-corrected chi connectivity index (χ4v) is 2.18. The van der Waals surface area contributed by atoms with Crippen LogP contribution in [0, 0.1) is 24.2 Å². The molecule has 0 fully saturated rings. The zero-order valence-electron chi connectivity index (χ0n) is 11.6. The predicted molar refractivity (Wildman–Crippen MR) is 73.4 cm³/mol. The van der Waals surface area contributed by atoms with Crippen LogP contribution in [0.15, 0.2) is 36.1 Å². The molecule has 0 saturated carbocycles. The van der Waals surface area contributed by atoms with Crippen molar-refractivity contribution < 1.29 is 14.3 Å². The van der Waals surface area contributed by atoms with Gasteiger partial charge in [-0.2, -0.15) is 5.26 Å². The first kappa shape index (κ1) is 14.1. The molecular weight excluding hydrogens is 254 g/mol. The number of benzene rings is 1. The highest BCUT2D eigenvalue weighted by Crippen LogP contribution is 2.33. The number of hydrogen-bond acceptors (Lipinski definition) is 4. The lowest BCUT2D eigenvalue weighted by Gasteiger charge is -2.26. The normalized spacial score (nSPS) is 21.4. The van der Waals surface area contributed by atoms with Crippen LogP contribution < -0.4 is 0 Å². The van der Waals surface area contributed by atoms with Gasteiger partial charge in [-0.25, -0.2) is 0 Å². The summed E-state index contributed by atoms with van der Waals surface area (Å²) in [5, 5.41) is 9.03. The third kappa shape index (κ3) is 3.18. The summed E-state index contributed by atoms with van der Waals surface area (Å²) in [6, 6.07) is 9.87. The number of nitriles is 1. The maximum Gasteiger partial charge on any atom is 0.313 e. The maximum absolute atomic E-state index is 11.9. The van der Waals surface area contributed by atoms with Gasteiger partial charge < -0.3 is 9.47 Å². The van der Waals surface area contributed by atoms with Gasteiger partial charge in [0.2, 0.25) is 0 Å². The lowest BCUT2D eigenvalue weighted by Crippen LogP contribution is -2.23. The van der Waals surface area contributed by atoms with Gasteiger partial charge in [0, 0.05) is 6.42 Å². The number of carbonyl (C=O) groups excluding carboxylic acids is 1. The van der Waals surface area contributed by atoms with Crippen LogP contribution in [0.1, 0.15) is 30.6 Å². The van der Waals surface area contributed by atoms with E-state index in [4.69, 9.17) is 14.7 Å². The summed E-state index contributed by atoms with van der Waals surface area (Å²) < 4.78 is 10.6. The number of esters is 1. The highest BCUT2D eigenvalue weighted by atomic mass is 16.5. The van der Waals surface area contributed by atoms with Gasteiger partial charge in [0.25, 0.3) is 0 Å². The Labute approximate surface area is 118 Å². The first-order valence-electron chi connectivity index (χ1n) is 6.65. The van der Waals surface area contributed by atoms with Crippen molar-refractivity contribution in [2.45, 2.75) is 26.4 Å². The van der Waals surface area contributed by atoms with Crippen LogP contribution in [0.25, 0.3) is 0 Å². The van der Waals surface area contributed by atoms with Gasteiger partial charge in [0.05, 0.1) is 12.5 Å². The Hall–Kier alpha value is -2.28. The number of rotatable bonds is 3. The molecule has 0 bridgehead atoms. The molecule has 0 radical (unpaired) electrons. The molecule has 1 heterocycles. The van der Waals surface area contributed by atoms with Crippen molar-refractivity contribution in [3.05, 3.63) is 47.2 Å². The van der Waals surface area contributed by atoms with Gasteiger partial charge in [-0.15, -0.1) is 0 Å². The van der Waals surface area contributed by atoms with Gasteiger partial charge in [-0.1, -0.05) is 29.8 Å². The Morgan fingerprint density at radius 2 is 2.15 bits per heavy atom. The fraction of sp³-hybridized carbons (Fsp3) is 0.375. The van der Waals surface area contributed by atoms with Gasteiger partial charge in [-0.05, 0) is 25.5 Å². The molecule has 104 valence electrons. The summed E-state index contributed by atoms with van der Waals surface area (Å²) in [6.07, 6.45) is 1.75. The topological polar surface area (TPSA) is 59.3 Å². The smallest absolute Gasteiger partial charge is 0.313 e. The second-order valence-corrected chi connectivity index (χ2v) is 4.75. The van der Waals surface area contributed by atoms with E-state index < -0.39 is 5.92 Å². The van der Waals surface area contributed by atoms with Crippen molar-refractivity contribution in [1.82, 2.24) is 0 Å². The van der Waals surface area contributed by atoms with Crippen LogP contribution in [-0.2, 0) is 14.3 Å². The van der Waals surface area contributed by atoms with Crippen molar-refractivity contribution in [2.24, 2.45) is 5.92 Å². The van der Waals surface area contributed by atoms with Crippen molar-refractivity contribution in [3.63, 3.8) is 0 Å². The Morgan fingerprint density at radius 3 is 2.75 bits per heavy atom. The van der Waals surface area contributed by atoms with Crippen molar-refractivity contribution in [2.75, 3.05) is 6.61 Å². The van der Waals surface area contributed by atoms with E-state index in [2.05, 4.69) is 0 Å². The Bertz CT molecular complexity index is 554. The molecule has 2 atom stereocenters. The van der Waals surface area contributed by atoms with E-state index in [1.807, 2.05) is 37.3 Å². The summed E-state index contributed by atoms with van der Waals surface area (Å²) in [6.45, 7) is 4.11. The van der Waals surface area contributed by atoms with E-state index in [9.17, 15) is 4.79 Å². The zero-order chi connectivity index (χ0) is 14.5. The number of carbonyl (C=O) groups is 1. The van der Waals surface area contributed by atoms with Crippen LogP contribution in [-0.4, -0.2) is 12.6 Å². The number of hydrogen-bond donors (Lipinski definition) is 0. The second kappa shape index (κ2) is 6.25. The summed E-state index contributed by atoms with van der Waals surface area (Å²) in [5.41, 5.74) is 2.12. The van der Waals surface area contributed by atoms with Crippen molar-refractivity contribution in [3.8, 4) is 6.07 Å². The largest absolute Gasteiger partial charge is 0.476 e. The molecular formula is C16H17NO3. The Morgan fingerprint density at radius 1 is 1.45 bits per heavy atom. The monoisotopic (exact) mass is 271 g/mol. The molecule has 1 aliphatic heterocycles. The first-order valence-corrected chi connectivity index (χ1v) is 6.65. The highest BCUT2D eigenvalue weighted by Gasteiger charge is 2.30. The van der Waals surface area contributed by atoms with E-state index in [1.54, 1.807) is 13.0 Å². The Kier molecular flexibility index (Phi) is 4.41. The SMILES string of the molecule is CCOC(=O)[C@@H]1C=C(C#N)O[C@@H](c2ccc(C)cc2)C1. The van der Waals surface area contributed by atoms with Crippen molar-refractivity contribution >= 4 is 5.97 Å². The molecule has 0 saturated heterocycles. The number of aryl methyl sites for hydroxylation is 1. The molecule has 0 spiro atoms. The molecule has 4 heteroatoms. The van der Waals surface area contributed by atoms with E-state index >= 15 is 0 Å². The third-order valence-corrected chi connectivity index (χ3v) is 3.24. The van der Waals surface area contributed by atoms with Crippen LogP contribution in [0.2, 0.25) is 0 Å². The van der Waals surface area contributed by atoms with Crippen LogP contribution >= 0.6 is 0 Å². The predicted octanol–water partition coefficient (Wildman–Crippen LogP) is 3.04. The molecule has 1 aromatic rings. The first-order chi connectivity index (χ1) is 9.63. The zero-order valence-corrected chi connectivity index (χ0v) is 11.6. The highest BCUT2D eigenvalue weighted by molar-refractivity contribution is 5.75. The summed E-state index contributed by atoms with van der Waals surface area (Å²) in [4.78, 5) is 11.9. The molecule has 4 nitrogen and oxygen atoms in total. The standard InChI is InChI=1S/C16H17NO3/c1-3-19-16(18)13-8-14(10-17)20-15(9-13)12-6-4-11(2)5-7-12/h4-8,13,15H,3,9H2,1-2H3/t13-,15-/m1/s1. The molecule has 1 aromatic carbocycles. The van der Waals surface area contributed by atoms with E-state index in [0.717, 1.165) is 11.1 Å². The minimum Gasteiger partial charge on any atom is -0.476 e. The molecule has 0 N–H and O–H groups in total. The summed E-state index contributed by atoms with van der Waals surface area (Å²) in [5.74, 6) is -0.551. The van der Waals surface area contributed by atoms with Crippen molar-refractivity contribution in [1.29, 1.82) is 5.26 Å². The van der Waals surface area contributed by atoms with E-state index in [0.29, 0.717) is 13.0 Å². The minimum atomic E-state index is -0.426. The van der Waals surface area contributed by atoms with E-state index in [1.165, 1.54) is 0 Å². The molecule has 0 unspecified atom stereocenters. The molecule has 1 aliphatic rings. The summed E-state index contributed by atoms with van der Waals surface area (Å²) >= 11 is 0. The summed E-state index contributed by atoms with van der Waals surface area (Å²) in [7, 11) is 0. The molecule has 0 aliphatic carbocycles. The average Bonchev–Trinajstić information content (AvgIpc) is 2.47. The van der Waals surface area contributed by atoms with Gasteiger partial charge in [-0.3, -0.25) is 4.79 Å². The van der Waals surface area contributed by atoms with Crippen LogP contribution in [0.5, 0.6) is 0 Å². The van der Waals surface area contributed by atoms with E-state index in [-0.39, 0.29) is 17.8 Å². The number of allylic oxidation sites excluding steroid dienone is 1. The number of nitrogens with zero attached hydrogens (tertiary/aromatic N) is 1. The van der Waals surface area contributed by atoms with Crippen LogP contribution in [0.3, 0.4) is 0 Å². The van der Waals surface area contributed by atoms with Gasteiger partial charge in [0.1, 0.15) is 12.2 Å².